The molecule has 71 heavy (non-hydrogen) atoms. The quantitative estimate of drug-likeness (QED) is 0.0486. The number of rotatable bonds is 59. The van der Waals surface area contributed by atoms with Crippen LogP contribution in [0, 0.1) is 29.6 Å². The summed E-state index contributed by atoms with van der Waals surface area (Å²) in [7, 11) is 0. The van der Waals surface area contributed by atoms with E-state index in [1.807, 2.05) is 0 Å². The molecule has 1 aliphatic rings. The first-order valence-electron chi connectivity index (χ1n) is 34.3. The van der Waals surface area contributed by atoms with Crippen molar-refractivity contribution in [1.82, 2.24) is 0 Å². The van der Waals surface area contributed by atoms with E-state index in [-0.39, 0.29) is 5.92 Å². The summed E-state index contributed by atoms with van der Waals surface area (Å²) < 4.78 is 7.40. The molecule has 2 nitrogen and oxygen atoms in total. The fourth-order valence-electron chi connectivity index (χ4n) is 13.2. The largest absolute Gasteiger partial charge is 0.365 e. The first-order chi connectivity index (χ1) is 35.0. The van der Waals surface area contributed by atoms with E-state index in [1.54, 1.807) is 0 Å². The van der Waals surface area contributed by atoms with E-state index in [4.69, 9.17) is 4.74 Å². The Labute approximate surface area is 450 Å². The van der Waals surface area contributed by atoms with Crippen molar-refractivity contribution in [3.8, 4) is 0 Å². The average molecular weight is 1000 g/mol. The molecule has 426 valence electrons. The van der Waals surface area contributed by atoms with Crippen LogP contribution in [0.3, 0.4) is 0 Å². The summed E-state index contributed by atoms with van der Waals surface area (Å²) in [6, 6.07) is 0. The van der Waals surface area contributed by atoms with Gasteiger partial charge in [0, 0.05) is 12.3 Å². The van der Waals surface area contributed by atoms with Crippen molar-refractivity contribution in [2.75, 3.05) is 6.61 Å². The Hall–Kier alpha value is -0.0800. The van der Waals surface area contributed by atoms with Crippen molar-refractivity contribution >= 4 is 0 Å². The monoisotopic (exact) mass is 999 g/mol. The lowest BCUT2D eigenvalue weighted by molar-refractivity contribution is -0.255. The van der Waals surface area contributed by atoms with Gasteiger partial charge in [-0.25, -0.2) is 0 Å². The topological polar surface area (TPSA) is 29.5 Å². The van der Waals surface area contributed by atoms with Crippen molar-refractivity contribution in [1.29, 1.82) is 0 Å². The standard InChI is InChI=1S/C69H138O2/c1-7-13-19-25-31-34-40-45-55-65(53-43-37-28-22-16-10-4)61-68(62-66(54-44-38-29-23-17-11-5)56-46-41-35-32-26-20-14-8-2)69(70,71-60-59-64-51-49-50-52-64)63-67(57-47-39-30-24-18-12-6)58-48-42-36-33-27-21-15-9-3/h64-68,70H,7-63H2,1-6H3. The second kappa shape index (κ2) is 53.3. The average Bonchev–Trinajstić information content (AvgIpc) is 3.90. The molecule has 0 amide bonds. The second-order valence-corrected chi connectivity index (χ2v) is 25.1. The molecule has 4 atom stereocenters. The van der Waals surface area contributed by atoms with E-state index in [0.29, 0.717) is 5.92 Å². The molecule has 0 bridgehead atoms. The second-order valence-electron chi connectivity index (χ2n) is 25.1. The lowest BCUT2D eigenvalue weighted by atomic mass is 9.73. The molecule has 0 aromatic carbocycles. The minimum Gasteiger partial charge on any atom is -0.365 e. The SMILES string of the molecule is CCCCCCCCCCC(CCCCCCCC)CC(CC(CCCCCCCC)CCCCCCCCCC)C(O)(CC(CCCCCCCC)CCCCCCCCCC)OCCC1CCCC1. The minimum atomic E-state index is -0.997. The third-order valence-electron chi connectivity index (χ3n) is 18.1. The van der Waals surface area contributed by atoms with E-state index in [1.165, 1.54) is 347 Å². The summed E-state index contributed by atoms with van der Waals surface area (Å²) in [6.45, 7) is 14.9. The summed E-state index contributed by atoms with van der Waals surface area (Å²) >= 11 is 0. The van der Waals surface area contributed by atoms with Gasteiger partial charge in [0.25, 0.3) is 0 Å². The smallest absolute Gasteiger partial charge is 0.168 e. The van der Waals surface area contributed by atoms with Gasteiger partial charge in [0.1, 0.15) is 0 Å². The summed E-state index contributed by atoms with van der Waals surface area (Å²) in [4.78, 5) is 0. The van der Waals surface area contributed by atoms with Gasteiger partial charge in [0.05, 0.1) is 6.61 Å². The summed E-state index contributed by atoms with van der Waals surface area (Å²) in [5.74, 6) is 2.09. The molecule has 0 aromatic rings. The highest BCUT2D eigenvalue weighted by molar-refractivity contribution is 4.86. The van der Waals surface area contributed by atoms with Crippen LogP contribution < -0.4 is 0 Å². The van der Waals surface area contributed by atoms with Crippen LogP contribution in [0.25, 0.3) is 0 Å². The van der Waals surface area contributed by atoms with Crippen LogP contribution in [0.1, 0.15) is 401 Å². The van der Waals surface area contributed by atoms with Crippen LogP contribution >= 0.6 is 0 Å². The first-order valence-corrected chi connectivity index (χ1v) is 34.3. The Morgan fingerprint density at radius 3 is 0.845 bits per heavy atom. The Morgan fingerprint density at radius 1 is 0.338 bits per heavy atom. The molecule has 0 saturated heterocycles. The van der Waals surface area contributed by atoms with Gasteiger partial charge in [-0.3, -0.25) is 0 Å². The maximum atomic E-state index is 13.9. The highest BCUT2D eigenvalue weighted by atomic mass is 16.6. The van der Waals surface area contributed by atoms with Gasteiger partial charge in [0.15, 0.2) is 5.79 Å². The molecule has 1 fully saturated rings. The predicted octanol–water partition coefficient (Wildman–Crippen LogP) is 24.8. The molecule has 1 aliphatic carbocycles. The molecular formula is C69H138O2. The van der Waals surface area contributed by atoms with Crippen molar-refractivity contribution < 1.29 is 9.84 Å². The van der Waals surface area contributed by atoms with Gasteiger partial charge >= 0.3 is 0 Å². The Balaban J connectivity index is 3.62. The number of unbranched alkanes of at least 4 members (excludes halogenated alkanes) is 36. The molecule has 0 aromatic heterocycles. The Bertz CT molecular complexity index is 961. The van der Waals surface area contributed by atoms with E-state index >= 15 is 0 Å². The van der Waals surface area contributed by atoms with Gasteiger partial charge in [-0.05, 0) is 42.9 Å². The molecule has 4 unspecified atom stereocenters. The molecule has 0 radical (unpaired) electrons. The van der Waals surface area contributed by atoms with Crippen LogP contribution in [0.2, 0.25) is 0 Å². The van der Waals surface area contributed by atoms with Gasteiger partial charge in [-0.1, -0.05) is 375 Å². The number of aliphatic hydroxyl groups is 1. The molecular weight excluding hydrogens is 861 g/mol. The fourth-order valence-corrected chi connectivity index (χ4v) is 13.2. The summed E-state index contributed by atoms with van der Waals surface area (Å²) in [6.07, 6.45) is 76.6. The zero-order valence-electron chi connectivity index (χ0n) is 50.5. The van der Waals surface area contributed by atoms with Gasteiger partial charge < -0.3 is 9.84 Å². The zero-order valence-corrected chi connectivity index (χ0v) is 50.5. The summed E-state index contributed by atoms with van der Waals surface area (Å²) in [5.41, 5.74) is 0. The first kappa shape index (κ1) is 68.9. The van der Waals surface area contributed by atoms with Crippen LogP contribution in [-0.2, 0) is 4.74 Å². The molecule has 0 heterocycles. The van der Waals surface area contributed by atoms with Gasteiger partial charge in [-0.2, -0.15) is 0 Å². The lowest BCUT2D eigenvalue weighted by Crippen LogP contribution is -2.45. The lowest BCUT2D eigenvalue weighted by Gasteiger charge is -2.42. The van der Waals surface area contributed by atoms with Gasteiger partial charge in [-0.15, -0.1) is 0 Å². The third-order valence-corrected chi connectivity index (χ3v) is 18.1. The van der Waals surface area contributed by atoms with Crippen molar-refractivity contribution in [2.45, 2.75) is 407 Å². The predicted molar refractivity (Wildman–Crippen MR) is 321 cm³/mol. The third kappa shape index (κ3) is 42.7. The fraction of sp³-hybridized carbons (Fsp3) is 1.00. The Morgan fingerprint density at radius 2 is 0.577 bits per heavy atom. The highest BCUT2D eigenvalue weighted by Gasteiger charge is 2.42. The number of hydrogen-bond donors (Lipinski definition) is 1. The number of ether oxygens (including phenoxy) is 1. The van der Waals surface area contributed by atoms with Gasteiger partial charge in [0.2, 0.25) is 0 Å². The normalized spacial score (nSPS) is 15.9. The van der Waals surface area contributed by atoms with E-state index in [2.05, 4.69) is 41.5 Å². The molecule has 2 heteroatoms. The minimum absolute atomic E-state index is 0.259. The number of hydrogen-bond acceptors (Lipinski definition) is 2. The summed E-state index contributed by atoms with van der Waals surface area (Å²) in [5, 5.41) is 13.9. The van der Waals surface area contributed by atoms with Crippen molar-refractivity contribution in [3.05, 3.63) is 0 Å². The highest BCUT2D eigenvalue weighted by Crippen LogP contribution is 2.43. The molecule has 1 rings (SSSR count). The molecule has 1 saturated carbocycles. The maximum absolute atomic E-state index is 13.9. The molecule has 0 aliphatic heterocycles. The van der Waals surface area contributed by atoms with Crippen molar-refractivity contribution in [2.24, 2.45) is 29.6 Å². The zero-order chi connectivity index (χ0) is 51.4. The van der Waals surface area contributed by atoms with E-state index in [9.17, 15) is 5.11 Å². The van der Waals surface area contributed by atoms with Crippen molar-refractivity contribution in [3.63, 3.8) is 0 Å². The maximum Gasteiger partial charge on any atom is 0.168 e. The van der Waals surface area contributed by atoms with Crippen LogP contribution in [0.15, 0.2) is 0 Å². The molecule has 1 N–H and O–H groups in total. The van der Waals surface area contributed by atoms with Crippen LogP contribution in [0.5, 0.6) is 0 Å². The van der Waals surface area contributed by atoms with E-state index < -0.39 is 5.79 Å². The van der Waals surface area contributed by atoms with Crippen LogP contribution in [0.4, 0.5) is 0 Å². The molecule has 0 spiro atoms. The van der Waals surface area contributed by atoms with Crippen LogP contribution in [-0.4, -0.2) is 17.5 Å². The van der Waals surface area contributed by atoms with E-state index in [0.717, 1.165) is 37.2 Å². The Kier molecular flexibility index (Phi) is 51.8.